The van der Waals surface area contributed by atoms with Gasteiger partial charge in [-0.1, -0.05) is 57.3 Å². The molecule has 0 spiro atoms. The van der Waals surface area contributed by atoms with Crippen molar-refractivity contribution in [1.29, 1.82) is 0 Å². The predicted molar refractivity (Wildman–Crippen MR) is 107 cm³/mol. The molecule has 3 atom stereocenters. The number of aliphatic hydroxyl groups excluding tert-OH is 1. The molecule has 2 aliphatic carbocycles. The Morgan fingerprint density at radius 3 is 2.67 bits per heavy atom. The fourth-order valence-electron chi connectivity index (χ4n) is 4.20. The number of ketones is 1. The second-order valence-electron chi connectivity index (χ2n) is 8.22. The molecule has 152 valence electrons. The van der Waals surface area contributed by atoms with Gasteiger partial charge in [0.05, 0.1) is 12.7 Å². The van der Waals surface area contributed by atoms with E-state index in [1.807, 2.05) is 12.2 Å². The Kier molecular flexibility index (Phi) is 9.26. The Hall–Kier alpha value is -1.42. The molecule has 0 unspecified atom stereocenters. The largest absolute Gasteiger partial charge is 0.466 e. The minimum Gasteiger partial charge on any atom is -0.466 e. The van der Waals surface area contributed by atoms with Crippen molar-refractivity contribution in [2.45, 2.75) is 77.7 Å². The standard InChI is InChI=1S/C23H36O4/c1-3-18-15-20(16-18)22(25)12-10-19-11-13-23(26)21(19)9-7-5-4-6-8-14-27-17(2)24/h10-13,18-22,25H,3-9,14-16H2,1-2H3/b12-10+/t18?,19-,20?,21+,22-/m0/s1. The number of ether oxygens (including phenoxy) is 1. The van der Waals surface area contributed by atoms with Crippen LogP contribution in [0.5, 0.6) is 0 Å². The van der Waals surface area contributed by atoms with Crippen molar-refractivity contribution in [2.24, 2.45) is 23.7 Å². The van der Waals surface area contributed by atoms with E-state index in [0.29, 0.717) is 12.5 Å². The molecule has 0 radical (unpaired) electrons. The minimum atomic E-state index is -0.366. The second kappa shape index (κ2) is 11.4. The van der Waals surface area contributed by atoms with Crippen LogP contribution in [-0.4, -0.2) is 29.6 Å². The summed E-state index contributed by atoms with van der Waals surface area (Å²) in [6.45, 7) is 4.16. The second-order valence-corrected chi connectivity index (χ2v) is 8.22. The fraction of sp³-hybridized carbons (Fsp3) is 0.739. The van der Waals surface area contributed by atoms with Crippen molar-refractivity contribution < 1.29 is 19.4 Å². The molecule has 1 fully saturated rings. The van der Waals surface area contributed by atoms with Crippen molar-refractivity contribution >= 4 is 11.8 Å². The number of carbonyl (C=O) groups excluding carboxylic acids is 2. The third-order valence-electron chi connectivity index (χ3n) is 6.14. The summed E-state index contributed by atoms with van der Waals surface area (Å²) in [7, 11) is 0. The first-order valence-electron chi connectivity index (χ1n) is 10.7. The molecule has 2 rings (SSSR count). The molecule has 0 aromatic carbocycles. The van der Waals surface area contributed by atoms with Crippen LogP contribution in [0, 0.1) is 23.7 Å². The lowest BCUT2D eigenvalue weighted by Gasteiger charge is -2.37. The van der Waals surface area contributed by atoms with Gasteiger partial charge in [0.15, 0.2) is 5.78 Å². The number of allylic oxidation sites excluding steroid dienone is 3. The molecule has 0 aromatic heterocycles. The van der Waals surface area contributed by atoms with E-state index in [4.69, 9.17) is 4.74 Å². The third kappa shape index (κ3) is 7.25. The normalized spacial score (nSPS) is 28.5. The summed E-state index contributed by atoms with van der Waals surface area (Å²) in [6, 6.07) is 0. The lowest BCUT2D eigenvalue weighted by atomic mass is 9.71. The highest BCUT2D eigenvalue weighted by atomic mass is 16.5. The molecule has 0 bridgehead atoms. The molecule has 0 saturated heterocycles. The van der Waals surface area contributed by atoms with Crippen molar-refractivity contribution in [3.63, 3.8) is 0 Å². The van der Waals surface area contributed by atoms with Crippen LogP contribution >= 0.6 is 0 Å². The van der Waals surface area contributed by atoms with Gasteiger partial charge >= 0.3 is 5.97 Å². The smallest absolute Gasteiger partial charge is 0.302 e. The summed E-state index contributed by atoms with van der Waals surface area (Å²) >= 11 is 0. The quantitative estimate of drug-likeness (QED) is 0.307. The molecule has 4 heteroatoms. The maximum Gasteiger partial charge on any atom is 0.302 e. The first-order valence-corrected chi connectivity index (χ1v) is 10.7. The lowest BCUT2D eigenvalue weighted by Crippen LogP contribution is -2.32. The number of carbonyl (C=O) groups is 2. The van der Waals surface area contributed by atoms with Crippen LogP contribution in [0.1, 0.15) is 71.6 Å². The summed E-state index contributed by atoms with van der Waals surface area (Å²) in [5.41, 5.74) is 0. The van der Waals surface area contributed by atoms with Crippen molar-refractivity contribution in [2.75, 3.05) is 6.61 Å². The number of unbranched alkanes of at least 4 members (excludes halogenated alkanes) is 4. The van der Waals surface area contributed by atoms with Crippen LogP contribution in [0.2, 0.25) is 0 Å². The molecule has 1 saturated carbocycles. The summed E-state index contributed by atoms with van der Waals surface area (Å²) in [4.78, 5) is 22.8. The van der Waals surface area contributed by atoms with Gasteiger partial charge in [-0.3, -0.25) is 9.59 Å². The van der Waals surface area contributed by atoms with Gasteiger partial charge in [0, 0.05) is 18.8 Å². The van der Waals surface area contributed by atoms with Crippen molar-refractivity contribution in [3.8, 4) is 0 Å². The molecule has 27 heavy (non-hydrogen) atoms. The van der Waals surface area contributed by atoms with Gasteiger partial charge in [-0.2, -0.15) is 0 Å². The zero-order valence-corrected chi connectivity index (χ0v) is 16.9. The van der Waals surface area contributed by atoms with Crippen LogP contribution in [0.3, 0.4) is 0 Å². The molecule has 0 aromatic rings. The van der Waals surface area contributed by atoms with E-state index in [1.165, 1.54) is 13.3 Å². The van der Waals surface area contributed by atoms with Crippen molar-refractivity contribution in [3.05, 3.63) is 24.3 Å². The van der Waals surface area contributed by atoms with Crippen LogP contribution in [0.15, 0.2) is 24.3 Å². The SMILES string of the molecule is CCC1CC([C@@H](O)/C=C/[C@H]2C=CC(=O)[C@@H]2CCCCCCCOC(C)=O)C1. The van der Waals surface area contributed by atoms with Gasteiger partial charge in [-0.05, 0) is 43.6 Å². The summed E-state index contributed by atoms with van der Waals surface area (Å²) < 4.78 is 4.93. The van der Waals surface area contributed by atoms with Gasteiger partial charge < -0.3 is 9.84 Å². The first-order chi connectivity index (χ1) is 13.0. The van der Waals surface area contributed by atoms with E-state index in [-0.39, 0.29) is 29.7 Å². The van der Waals surface area contributed by atoms with Gasteiger partial charge in [-0.15, -0.1) is 0 Å². The monoisotopic (exact) mass is 376 g/mol. The highest BCUT2D eigenvalue weighted by Crippen LogP contribution is 2.38. The van der Waals surface area contributed by atoms with Crippen LogP contribution in [0.4, 0.5) is 0 Å². The van der Waals surface area contributed by atoms with E-state index in [9.17, 15) is 14.7 Å². The maximum atomic E-state index is 12.1. The molecule has 2 aliphatic rings. The average Bonchev–Trinajstić information content (AvgIpc) is 2.94. The van der Waals surface area contributed by atoms with E-state index >= 15 is 0 Å². The molecular formula is C23H36O4. The van der Waals surface area contributed by atoms with Gasteiger partial charge in [0.2, 0.25) is 0 Å². The van der Waals surface area contributed by atoms with Gasteiger partial charge in [0.1, 0.15) is 0 Å². The Bertz CT molecular complexity index is 530. The number of rotatable bonds is 12. The summed E-state index contributed by atoms with van der Waals surface area (Å²) in [5.74, 6) is 1.38. The van der Waals surface area contributed by atoms with E-state index in [0.717, 1.165) is 57.3 Å². The molecule has 4 nitrogen and oxygen atoms in total. The van der Waals surface area contributed by atoms with Gasteiger partial charge in [-0.25, -0.2) is 0 Å². The Balaban J connectivity index is 1.63. The topological polar surface area (TPSA) is 63.6 Å². The Morgan fingerprint density at radius 1 is 1.26 bits per heavy atom. The number of hydrogen-bond acceptors (Lipinski definition) is 4. The van der Waals surface area contributed by atoms with Crippen LogP contribution in [-0.2, 0) is 14.3 Å². The number of aliphatic hydroxyl groups is 1. The third-order valence-corrected chi connectivity index (χ3v) is 6.14. The molecule has 0 amide bonds. The number of hydrogen-bond donors (Lipinski definition) is 1. The highest BCUT2D eigenvalue weighted by Gasteiger charge is 2.32. The van der Waals surface area contributed by atoms with Crippen molar-refractivity contribution in [1.82, 2.24) is 0 Å². The Morgan fingerprint density at radius 2 is 1.96 bits per heavy atom. The first kappa shape index (κ1) is 21.9. The van der Waals surface area contributed by atoms with Crippen LogP contribution in [0.25, 0.3) is 0 Å². The predicted octanol–water partition coefficient (Wildman–Crippen LogP) is 4.61. The average molecular weight is 377 g/mol. The maximum absolute atomic E-state index is 12.1. The fourth-order valence-corrected chi connectivity index (χ4v) is 4.20. The van der Waals surface area contributed by atoms with Gasteiger partial charge in [0.25, 0.3) is 0 Å². The summed E-state index contributed by atoms with van der Waals surface area (Å²) in [6.07, 6.45) is 16.9. The Labute approximate surface area is 164 Å². The van der Waals surface area contributed by atoms with E-state index in [1.54, 1.807) is 6.08 Å². The molecule has 0 heterocycles. The van der Waals surface area contributed by atoms with E-state index in [2.05, 4.69) is 13.0 Å². The molecular weight excluding hydrogens is 340 g/mol. The lowest BCUT2D eigenvalue weighted by molar-refractivity contribution is -0.141. The van der Waals surface area contributed by atoms with Crippen LogP contribution < -0.4 is 0 Å². The summed E-state index contributed by atoms with van der Waals surface area (Å²) in [5, 5.41) is 10.3. The zero-order chi connectivity index (χ0) is 19.6. The number of esters is 1. The molecule has 1 N–H and O–H groups in total. The van der Waals surface area contributed by atoms with E-state index < -0.39 is 0 Å². The minimum absolute atomic E-state index is 0.0410. The zero-order valence-electron chi connectivity index (χ0n) is 16.9. The molecule has 0 aliphatic heterocycles. The highest BCUT2D eigenvalue weighted by molar-refractivity contribution is 5.94.